The molecule has 0 aliphatic heterocycles. The minimum atomic E-state index is -0.712. The van der Waals surface area contributed by atoms with Crippen LogP contribution >= 0.6 is 0 Å². The highest BCUT2D eigenvalue weighted by Crippen LogP contribution is 2.11. The van der Waals surface area contributed by atoms with E-state index < -0.39 is 22.5 Å². The number of hydrogen-bond acceptors (Lipinski definition) is 7. The van der Waals surface area contributed by atoms with E-state index in [4.69, 9.17) is 0 Å². The second-order valence-electron chi connectivity index (χ2n) is 4.28. The van der Waals surface area contributed by atoms with Gasteiger partial charge in [0.15, 0.2) is 0 Å². The van der Waals surface area contributed by atoms with Crippen LogP contribution in [0.3, 0.4) is 0 Å². The van der Waals surface area contributed by atoms with Crippen molar-refractivity contribution in [2.45, 2.75) is 13.5 Å². The Labute approximate surface area is 124 Å². The fourth-order valence-corrected chi connectivity index (χ4v) is 1.58. The molecule has 1 amide bonds. The molecule has 0 unspecified atom stereocenters. The minimum absolute atomic E-state index is 0.0181. The lowest BCUT2D eigenvalue weighted by Crippen LogP contribution is -2.21. The maximum atomic E-state index is 11.8. The Balaban J connectivity index is 1.99. The highest BCUT2D eigenvalue weighted by molar-refractivity contribution is 5.97. The first kappa shape index (κ1) is 15.1. The van der Waals surface area contributed by atoms with Crippen LogP contribution in [0, 0.1) is 10.1 Å². The third-order valence-electron chi connectivity index (χ3n) is 2.56. The molecule has 0 fully saturated rings. The molecule has 1 aromatic heterocycles. The smallest absolute Gasteiger partial charge is 0.490 e. The summed E-state index contributed by atoms with van der Waals surface area (Å²) in [5, 5.41) is 29.3. The summed E-state index contributed by atoms with van der Waals surface area (Å²) < 4.78 is 1.21. The van der Waals surface area contributed by atoms with Crippen LogP contribution in [0.15, 0.2) is 35.7 Å². The molecule has 0 atom stereocenters. The number of amides is 1. The molecule has 0 spiro atoms. The summed E-state index contributed by atoms with van der Waals surface area (Å²) in [4.78, 5) is 25.0. The Morgan fingerprint density at radius 2 is 2.18 bits per heavy atom. The number of nitrogens with zero attached hydrogens (tertiary/aromatic N) is 5. The van der Waals surface area contributed by atoms with Crippen molar-refractivity contribution in [3.8, 4) is 5.75 Å². The van der Waals surface area contributed by atoms with Gasteiger partial charge in [0.25, 0.3) is 5.91 Å². The average molecular weight is 303 g/mol. The number of carbonyl (C=O) groups excluding carboxylic acids is 1. The van der Waals surface area contributed by atoms with Crippen LogP contribution in [0.2, 0.25) is 0 Å². The average Bonchev–Trinajstić information content (AvgIpc) is 2.94. The van der Waals surface area contributed by atoms with E-state index in [1.165, 1.54) is 29.2 Å². The van der Waals surface area contributed by atoms with E-state index in [1.54, 1.807) is 13.0 Å². The number of benzene rings is 1. The van der Waals surface area contributed by atoms with E-state index in [9.17, 15) is 20.0 Å². The fraction of sp³-hybridized carbons (Fsp3) is 0.167. The third-order valence-corrected chi connectivity index (χ3v) is 2.56. The molecular weight excluding hydrogens is 292 g/mol. The van der Waals surface area contributed by atoms with Gasteiger partial charge in [0, 0.05) is 10.7 Å². The van der Waals surface area contributed by atoms with Gasteiger partial charge >= 0.3 is 5.95 Å². The molecule has 0 aliphatic rings. The van der Waals surface area contributed by atoms with Crippen molar-refractivity contribution < 1.29 is 14.8 Å². The predicted octanol–water partition coefficient (Wildman–Crippen LogP) is 0.0658. The number of carbonyl (C=O) groups is 1. The molecule has 10 nitrogen and oxygen atoms in total. The second-order valence-corrected chi connectivity index (χ2v) is 4.28. The molecule has 114 valence electrons. The molecule has 1 N–H and O–H groups in total. The number of hydrazone groups is 1. The SMILES string of the molecule is C/C(Cn1cnc([N+](=O)[O-])n1)=N\NC(=O)c1ccccc1[O-]. The number of nitro groups is 1. The van der Waals surface area contributed by atoms with E-state index in [2.05, 4.69) is 20.6 Å². The number of nitrogens with one attached hydrogen (secondary N) is 1. The molecule has 1 heterocycles. The third kappa shape index (κ3) is 3.62. The maximum absolute atomic E-state index is 11.8. The largest absolute Gasteiger partial charge is 0.872 e. The first-order valence-electron chi connectivity index (χ1n) is 6.10. The topological polar surface area (TPSA) is 138 Å². The van der Waals surface area contributed by atoms with Crippen LogP contribution in [0.4, 0.5) is 5.95 Å². The molecule has 22 heavy (non-hydrogen) atoms. The van der Waals surface area contributed by atoms with Crippen LogP contribution in [0.5, 0.6) is 5.75 Å². The van der Waals surface area contributed by atoms with Gasteiger partial charge in [-0.3, -0.25) is 4.79 Å². The molecule has 0 radical (unpaired) electrons. The van der Waals surface area contributed by atoms with Gasteiger partial charge in [-0.15, -0.1) is 0 Å². The summed E-state index contributed by atoms with van der Waals surface area (Å²) in [6.45, 7) is 1.71. The summed E-state index contributed by atoms with van der Waals surface area (Å²) in [6.07, 6.45) is 1.19. The highest BCUT2D eigenvalue weighted by Gasteiger charge is 2.13. The van der Waals surface area contributed by atoms with Crippen LogP contribution in [0.1, 0.15) is 17.3 Å². The van der Waals surface area contributed by atoms with Crippen molar-refractivity contribution in [3.63, 3.8) is 0 Å². The lowest BCUT2D eigenvalue weighted by Gasteiger charge is -2.10. The normalized spacial score (nSPS) is 11.2. The monoisotopic (exact) mass is 303 g/mol. The molecular formula is C12H11N6O4-. The van der Waals surface area contributed by atoms with Crippen molar-refractivity contribution in [2.75, 3.05) is 0 Å². The molecule has 0 aliphatic carbocycles. The van der Waals surface area contributed by atoms with E-state index in [0.717, 1.165) is 0 Å². The zero-order valence-corrected chi connectivity index (χ0v) is 11.5. The molecule has 0 saturated carbocycles. The van der Waals surface area contributed by atoms with Crippen LogP contribution < -0.4 is 10.5 Å². The van der Waals surface area contributed by atoms with Crippen molar-refractivity contribution in [1.29, 1.82) is 0 Å². The number of rotatable bonds is 5. The summed E-state index contributed by atoms with van der Waals surface area (Å²) in [7, 11) is 0. The summed E-state index contributed by atoms with van der Waals surface area (Å²) in [5.74, 6) is -1.55. The Hall–Kier alpha value is -3.30. The van der Waals surface area contributed by atoms with E-state index >= 15 is 0 Å². The van der Waals surface area contributed by atoms with Gasteiger partial charge in [0.05, 0.1) is 12.3 Å². The fourth-order valence-electron chi connectivity index (χ4n) is 1.58. The summed E-state index contributed by atoms with van der Waals surface area (Å²) in [6, 6.07) is 5.77. The maximum Gasteiger partial charge on any atom is 0.490 e. The van der Waals surface area contributed by atoms with E-state index in [0.29, 0.717) is 5.71 Å². The van der Waals surface area contributed by atoms with Gasteiger partial charge in [-0.25, -0.2) is 5.43 Å². The molecule has 2 aromatic rings. The predicted molar refractivity (Wildman–Crippen MR) is 73.1 cm³/mol. The Kier molecular flexibility index (Phi) is 4.41. The number of hydrogen-bond donors (Lipinski definition) is 1. The number of para-hydroxylation sites is 1. The van der Waals surface area contributed by atoms with Crippen LogP contribution in [-0.2, 0) is 6.54 Å². The Morgan fingerprint density at radius 3 is 2.82 bits per heavy atom. The van der Waals surface area contributed by atoms with Crippen molar-refractivity contribution in [1.82, 2.24) is 20.2 Å². The first-order valence-corrected chi connectivity index (χ1v) is 6.10. The van der Waals surface area contributed by atoms with E-state index in [-0.39, 0.29) is 12.1 Å². The van der Waals surface area contributed by atoms with Crippen molar-refractivity contribution in [2.24, 2.45) is 5.10 Å². The number of aromatic nitrogens is 3. The zero-order chi connectivity index (χ0) is 16.1. The minimum Gasteiger partial charge on any atom is -0.872 e. The Morgan fingerprint density at radius 1 is 1.45 bits per heavy atom. The molecule has 2 rings (SSSR count). The van der Waals surface area contributed by atoms with Crippen LogP contribution in [-0.4, -0.2) is 31.3 Å². The Bertz CT molecular complexity index is 739. The second kappa shape index (κ2) is 6.43. The lowest BCUT2D eigenvalue weighted by atomic mass is 10.2. The lowest BCUT2D eigenvalue weighted by molar-refractivity contribution is -0.394. The van der Waals surface area contributed by atoms with Gasteiger partial charge < -0.3 is 15.2 Å². The van der Waals surface area contributed by atoms with Gasteiger partial charge in [-0.2, -0.15) is 9.78 Å². The van der Waals surface area contributed by atoms with Gasteiger partial charge in [0.1, 0.15) is 0 Å². The van der Waals surface area contributed by atoms with Gasteiger partial charge in [0.2, 0.25) is 6.33 Å². The van der Waals surface area contributed by atoms with Crippen molar-refractivity contribution in [3.05, 3.63) is 46.3 Å². The first-order chi connectivity index (χ1) is 10.5. The quantitative estimate of drug-likeness (QED) is 0.471. The molecule has 0 bridgehead atoms. The summed E-state index contributed by atoms with van der Waals surface area (Å²) in [5.41, 5.74) is 2.65. The van der Waals surface area contributed by atoms with E-state index in [1.807, 2.05) is 0 Å². The van der Waals surface area contributed by atoms with Gasteiger partial charge in [-0.05, 0) is 11.8 Å². The molecule has 0 saturated heterocycles. The standard InChI is InChI=1S/C12H12N6O4/c1-8(6-17-7-13-12(16-17)18(21)22)14-15-11(20)9-4-2-3-5-10(9)19/h2-5,7,19H,6H2,1H3,(H,15,20)/p-1/b14-8+. The van der Waals surface area contributed by atoms with Crippen molar-refractivity contribution >= 4 is 17.6 Å². The molecule has 1 aromatic carbocycles. The van der Waals surface area contributed by atoms with Gasteiger partial charge in [-0.1, -0.05) is 35.0 Å². The summed E-state index contributed by atoms with van der Waals surface area (Å²) >= 11 is 0. The van der Waals surface area contributed by atoms with Crippen LogP contribution in [0.25, 0.3) is 0 Å². The highest BCUT2D eigenvalue weighted by atomic mass is 16.6. The zero-order valence-electron chi connectivity index (χ0n) is 11.5. The molecule has 10 heteroatoms.